The van der Waals surface area contributed by atoms with E-state index in [0.717, 1.165) is 33.4 Å². The molecule has 0 spiro atoms. The number of aryl methyl sites for hydroxylation is 1. The zero-order valence-corrected chi connectivity index (χ0v) is 17.0. The maximum absolute atomic E-state index is 13.2. The number of nitrogens with zero attached hydrogens (tertiary/aromatic N) is 2. The van der Waals surface area contributed by atoms with Crippen molar-refractivity contribution in [1.82, 2.24) is 15.3 Å². The van der Waals surface area contributed by atoms with Gasteiger partial charge in [0.1, 0.15) is 0 Å². The average Bonchev–Trinajstić information content (AvgIpc) is 2.73. The first-order chi connectivity index (χ1) is 14.0. The molecule has 29 heavy (non-hydrogen) atoms. The van der Waals surface area contributed by atoms with E-state index in [4.69, 9.17) is 16.6 Å². The number of pyridine rings is 2. The van der Waals surface area contributed by atoms with Gasteiger partial charge in [-0.05, 0) is 49.7 Å². The quantitative estimate of drug-likeness (QED) is 0.491. The van der Waals surface area contributed by atoms with E-state index in [1.54, 1.807) is 18.3 Å². The molecule has 5 heteroatoms. The van der Waals surface area contributed by atoms with Crippen LogP contribution in [0.1, 0.15) is 27.2 Å². The molecule has 0 atom stereocenters. The number of fused-ring (bicyclic) bond motifs is 1. The van der Waals surface area contributed by atoms with Crippen LogP contribution in [-0.4, -0.2) is 15.9 Å². The first-order valence-corrected chi connectivity index (χ1v) is 9.76. The number of carbonyl (C=O) groups is 1. The fourth-order valence-corrected chi connectivity index (χ4v) is 3.55. The number of halogens is 1. The van der Waals surface area contributed by atoms with Crippen LogP contribution >= 0.6 is 11.6 Å². The van der Waals surface area contributed by atoms with Crippen LogP contribution in [-0.2, 0) is 6.54 Å². The van der Waals surface area contributed by atoms with E-state index in [2.05, 4.69) is 10.3 Å². The zero-order valence-electron chi connectivity index (χ0n) is 16.2. The van der Waals surface area contributed by atoms with Gasteiger partial charge in [-0.15, -0.1) is 0 Å². The van der Waals surface area contributed by atoms with E-state index in [1.807, 2.05) is 62.4 Å². The summed E-state index contributed by atoms with van der Waals surface area (Å²) in [6.45, 7) is 4.32. The Morgan fingerprint density at radius 3 is 2.55 bits per heavy atom. The molecule has 0 aliphatic carbocycles. The highest BCUT2D eigenvalue weighted by Gasteiger charge is 2.19. The van der Waals surface area contributed by atoms with Crippen molar-refractivity contribution in [2.24, 2.45) is 0 Å². The number of carbonyl (C=O) groups excluding carboxylic acids is 1. The Morgan fingerprint density at radius 1 is 1.03 bits per heavy atom. The van der Waals surface area contributed by atoms with Crippen molar-refractivity contribution in [3.63, 3.8) is 0 Å². The molecule has 144 valence electrons. The first-order valence-electron chi connectivity index (χ1n) is 9.38. The molecule has 4 nitrogen and oxygen atoms in total. The fraction of sp³-hybridized carbons (Fsp3) is 0.125. The Balaban J connectivity index is 1.81. The fourth-order valence-electron chi connectivity index (χ4n) is 3.38. The molecule has 1 N–H and O–H groups in total. The van der Waals surface area contributed by atoms with E-state index < -0.39 is 0 Å². The number of benzene rings is 2. The summed E-state index contributed by atoms with van der Waals surface area (Å²) < 4.78 is 0. The van der Waals surface area contributed by atoms with Gasteiger partial charge in [-0.3, -0.25) is 9.78 Å². The molecule has 4 aromatic rings. The van der Waals surface area contributed by atoms with Gasteiger partial charge in [-0.2, -0.15) is 0 Å². The molecule has 2 aromatic carbocycles. The Bertz CT molecular complexity index is 1190. The van der Waals surface area contributed by atoms with Crippen LogP contribution in [0.3, 0.4) is 0 Å². The molecular formula is C24H20ClN3O. The van der Waals surface area contributed by atoms with Crippen LogP contribution in [0.2, 0.25) is 5.02 Å². The minimum absolute atomic E-state index is 0.170. The maximum atomic E-state index is 13.2. The van der Waals surface area contributed by atoms with Gasteiger partial charge in [0.05, 0.1) is 29.0 Å². The Morgan fingerprint density at radius 2 is 1.83 bits per heavy atom. The van der Waals surface area contributed by atoms with E-state index in [-0.39, 0.29) is 5.91 Å². The number of hydrogen-bond acceptors (Lipinski definition) is 3. The van der Waals surface area contributed by atoms with E-state index in [1.165, 1.54) is 5.56 Å². The van der Waals surface area contributed by atoms with Gasteiger partial charge in [0, 0.05) is 22.2 Å². The van der Waals surface area contributed by atoms with Gasteiger partial charge in [0.2, 0.25) is 0 Å². The summed E-state index contributed by atoms with van der Waals surface area (Å²) in [5, 5.41) is 4.29. The van der Waals surface area contributed by atoms with Crippen LogP contribution in [0, 0.1) is 13.8 Å². The highest BCUT2D eigenvalue weighted by Crippen LogP contribution is 2.31. The topological polar surface area (TPSA) is 54.9 Å². The van der Waals surface area contributed by atoms with E-state index in [0.29, 0.717) is 17.1 Å². The molecule has 0 fully saturated rings. The summed E-state index contributed by atoms with van der Waals surface area (Å²) in [6, 6.07) is 19.2. The van der Waals surface area contributed by atoms with Crippen molar-refractivity contribution in [1.29, 1.82) is 0 Å². The van der Waals surface area contributed by atoms with Gasteiger partial charge in [0.15, 0.2) is 0 Å². The lowest BCUT2D eigenvalue weighted by Crippen LogP contribution is -2.24. The number of amides is 1. The normalized spacial score (nSPS) is 10.9. The second-order valence-electron chi connectivity index (χ2n) is 6.99. The molecule has 0 unspecified atom stereocenters. The summed E-state index contributed by atoms with van der Waals surface area (Å²) in [6.07, 6.45) is 1.71. The lowest BCUT2D eigenvalue weighted by atomic mass is 9.96. The molecule has 2 heterocycles. The van der Waals surface area contributed by atoms with Gasteiger partial charge >= 0.3 is 0 Å². The minimum Gasteiger partial charge on any atom is -0.346 e. The van der Waals surface area contributed by atoms with E-state index in [9.17, 15) is 4.79 Å². The summed E-state index contributed by atoms with van der Waals surface area (Å²) in [7, 11) is 0. The van der Waals surface area contributed by atoms with Crippen LogP contribution in [0.5, 0.6) is 0 Å². The molecule has 0 radical (unpaired) electrons. The standard InChI is InChI=1S/C24H20ClN3O/c1-15-6-8-17(9-7-15)23-16(2)22(20-13-18(25)10-11-21(20)28-23)24(29)27-14-19-5-3-4-12-26-19/h3-13H,14H2,1-2H3,(H,27,29). The van der Waals surface area contributed by atoms with Crippen molar-refractivity contribution >= 4 is 28.4 Å². The predicted molar refractivity (Wildman–Crippen MR) is 117 cm³/mol. The number of hydrogen-bond donors (Lipinski definition) is 1. The van der Waals surface area contributed by atoms with Crippen molar-refractivity contribution in [3.05, 3.63) is 94.3 Å². The second-order valence-corrected chi connectivity index (χ2v) is 7.43. The molecule has 0 saturated carbocycles. The third-order valence-electron chi connectivity index (χ3n) is 4.90. The highest BCUT2D eigenvalue weighted by molar-refractivity contribution is 6.31. The Kier molecular flexibility index (Phi) is 5.28. The van der Waals surface area contributed by atoms with Crippen LogP contribution in [0.25, 0.3) is 22.2 Å². The van der Waals surface area contributed by atoms with Gasteiger partial charge in [0.25, 0.3) is 5.91 Å². The molecule has 0 saturated heterocycles. The summed E-state index contributed by atoms with van der Waals surface area (Å²) in [4.78, 5) is 22.3. The maximum Gasteiger partial charge on any atom is 0.252 e. The van der Waals surface area contributed by atoms with Gasteiger partial charge in [-0.25, -0.2) is 4.98 Å². The highest BCUT2D eigenvalue weighted by atomic mass is 35.5. The third kappa shape index (κ3) is 3.98. The largest absolute Gasteiger partial charge is 0.346 e. The lowest BCUT2D eigenvalue weighted by molar-refractivity contribution is 0.0951. The van der Waals surface area contributed by atoms with Crippen LogP contribution in [0.4, 0.5) is 0 Å². The Hall–Kier alpha value is -3.24. The average molecular weight is 402 g/mol. The molecule has 2 aromatic heterocycles. The van der Waals surface area contributed by atoms with Crippen molar-refractivity contribution in [2.75, 3.05) is 0 Å². The molecule has 0 aliphatic heterocycles. The zero-order chi connectivity index (χ0) is 20.4. The third-order valence-corrected chi connectivity index (χ3v) is 5.13. The smallest absolute Gasteiger partial charge is 0.252 e. The number of aromatic nitrogens is 2. The lowest BCUT2D eigenvalue weighted by Gasteiger charge is -2.15. The first kappa shape index (κ1) is 19.1. The van der Waals surface area contributed by atoms with Gasteiger partial charge < -0.3 is 5.32 Å². The summed E-state index contributed by atoms with van der Waals surface area (Å²) >= 11 is 6.23. The summed E-state index contributed by atoms with van der Waals surface area (Å²) in [5.41, 5.74) is 5.89. The monoisotopic (exact) mass is 401 g/mol. The van der Waals surface area contributed by atoms with Crippen molar-refractivity contribution < 1.29 is 4.79 Å². The summed E-state index contributed by atoms with van der Waals surface area (Å²) in [5.74, 6) is -0.170. The molecule has 0 aliphatic rings. The van der Waals surface area contributed by atoms with Gasteiger partial charge in [-0.1, -0.05) is 47.5 Å². The molecular weight excluding hydrogens is 382 g/mol. The van der Waals surface area contributed by atoms with E-state index >= 15 is 0 Å². The molecule has 0 bridgehead atoms. The SMILES string of the molecule is Cc1ccc(-c2nc3ccc(Cl)cc3c(C(=O)NCc3ccccn3)c2C)cc1. The molecule has 1 amide bonds. The number of nitrogens with one attached hydrogen (secondary N) is 1. The predicted octanol–water partition coefficient (Wildman–Crippen LogP) is 5.50. The molecule has 4 rings (SSSR count). The Labute approximate surface area is 174 Å². The van der Waals surface area contributed by atoms with Crippen LogP contribution in [0.15, 0.2) is 66.9 Å². The minimum atomic E-state index is -0.170. The van der Waals surface area contributed by atoms with Crippen LogP contribution < -0.4 is 5.32 Å². The van der Waals surface area contributed by atoms with Crippen molar-refractivity contribution in [2.45, 2.75) is 20.4 Å². The second kappa shape index (κ2) is 8.02. The van der Waals surface area contributed by atoms with Crippen molar-refractivity contribution in [3.8, 4) is 11.3 Å². The number of rotatable bonds is 4.